The van der Waals surface area contributed by atoms with Gasteiger partial charge in [-0.15, -0.1) is 22.7 Å². The first-order valence-electron chi connectivity index (χ1n) is 12.1. The van der Waals surface area contributed by atoms with Gasteiger partial charge in [0.25, 0.3) is 17.7 Å². The number of anilines is 3. The molecule has 2 aromatic carbocycles. The Morgan fingerprint density at radius 1 is 1.08 bits per heavy atom. The topological polar surface area (TPSA) is 134 Å². The van der Waals surface area contributed by atoms with Gasteiger partial charge in [0.1, 0.15) is 12.8 Å². The SMILES string of the molecule is CO/N=C(\C(=O)N1CCN(c2ccc3c4c(cccc24)C(=O)N(c2ncc(C)s2)C3=O)CC1)c1csc(N)n1. The van der Waals surface area contributed by atoms with Gasteiger partial charge in [-0.1, -0.05) is 17.3 Å². The fraction of sp³-hybridized carbons (Fsp3) is 0.231. The molecule has 198 valence electrons. The van der Waals surface area contributed by atoms with Gasteiger partial charge in [0.2, 0.25) is 0 Å². The van der Waals surface area contributed by atoms with Crippen molar-refractivity contribution in [3.05, 3.63) is 63.6 Å². The van der Waals surface area contributed by atoms with Crippen molar-refractivity contribution < 1.29 is 19.2 Å². The first-order chi connectivity index (χ1) is 18.9. The zero-order chi connectivity index (χ0) is 27.3. The molecule has 0 spiro atoms. The van der Waals surface area contributed by atoms with Crippen molar-refractivity contribution >= 4 is 72.8 Å². The fourth-order valence-electron chi connectivity index (χ4n) is 4.96. The zero-order valence-corrected chi connectivity index (χ0v) is 22.7. The van der Waals surface area contributed by atoms with Crippen LogP contribution in [0.25, 0.3) is 10.8 Å². The number of amides is 3. The molecule has 4 aromatic rings. The van der Waals surface area contributed by atoms with Crippen molar-refractivity contribution in [1.82, 2.24) is 14.9 Å². The Bertz CT molecular complexity index is 1650. The summed E-state index contributed by atoms with van der Waals surface area (Å²) >= 11 is 2.53. The van der Waals surface area contributed by atoms with Crippen LogP contribution in [0.2, 0.25) is 0 Å². The molecule has 13 heteroatoms. The summed E-state index contributed by atoms with van der Waals surface area (Å²) < 4.78 is 0. The molecule has 0 bridgehead atoms. The maximum atomic E-state index is 13.4. The van der Waals surface area contributed by atoms with Crippen LogP contribution in [0.3, 0.4) is 0 Å². The Kier molecular flexibility index (Phi) is 6.23. The van der Waals surface area contributed by atoms with E-state index >= 15 is 0 Å². The normalized spacial score (nSPS) is 15.8. The number of piperazine rings is 1. The van der Waals surface area contributed by atoms with E-state index in [9.17, 15) is 14.4 Å². The predicted molar refractivity (Wildman–Crippen MR) is 151 cm³/mol. The van der Waals surface area contributed by atoms with Gasteiger partial charge >= 0.3 is 0 Å². The largest absolute Gasteiger partial charge is 0.398 e. The van der Waals surface area contributed by atoms with Crippen LogP contribution in [0.4, 0.5) is 16.0 Å². The second kappa shape index (κ2) is 9.75. The Morgan fingerprint density at radius 3 is 2.46 bits per heavy atom. The van der Waals surface area contributed by atoms with E-state index in [4.69, 9.17) is 10.6 Å². The molecule has 11 nitrogen and oxygen atoms in total. The van der Waals surface area contributed by atoms with Crippen LogP contribution in [0.5, 0.6) is 0 Å². The number of carbonyl (C=O) groups excluding carboxylic acids is 3. The van der Waals surface area contributed by atoms with Crippen molar-refractivity contribution in [3.8, 4) is 0 Å². The standard InChI is InChI=1S/C26H23N7O4S2/c1-14-12-28-26(39-14)33-22(34)16-5-3-4-15-19(7-6-17(20(15)16)23(33)35)31-8-10-32(11-9-31)24(36)21(30-37-2)18-13-38-25(27)29-18/h3-7,12-13H,8-11H2,1-2H3,(H2,27,29)/b30-21-. The number of nitrogens with two attached hydrogens (primary N) is 1. The number of aryl methyl sites for hydroxylation is 1. The summed E-state index contributed by atoms with van der Waals surface area (Å²) in [6, 6.07) is 9.19. The maximum Gasteiger partial charge on any atom is 0.278 e. The Hall–Kier alpha value is -4.36. The van der Waals surface area contributed by atoms with Crippen molar-refractivity contribution in [3.63, 3.8) is 0 Å². The van der Waals surface area contributed by atoms with Gasteiger partial charge in [-0.2, -0.15) is 0 Å². The lowest BCUT2D eigenvalue weighted by atomic mass is 9.93. The maximum absolute atomic E-state index is 13.4. The number of nitrogen functional groups attached to an aromatic ring is 1. The van der Waals surface area contributed by atoms with E-state index in [1.807, 2.05) is 25.1 Å². The Labute approximate surface area is 231 Å². The van der Waals surface area contributed by atoms with Crippen LogP contribution < -0.4 is 15.5 Å². The van der Waals surface area contributed by atoms with Gasteiger partial charge in [-0.25, -0.2) is 14.9 Å². The summed E-state index contributed by atoms with van der Waals surface area (Å²) in [6.45, 7) is 3.87. The summed E-state index contributed by atoms with van der Waals surface area (Å²) in [6.07, 6.45) is 1.65. The van der Waals surface area contributed by atoms with E-state index in [2.05, 4.69) is 20.0 Å². The molecular formula is C26H23N7O4S2. The molecule has 0 saturated carbocycles. The Morgan fingerprint density at radius 2 is 1.82 bits per heavy atom. The summed E-state index contributed by atoms with van der Waals surface area (Å²) in [5.74, 6) is -1.05. The third-order valence-electron chi connectivity index (χ3n) is 6.74. The number of benzene rings is 2. The van der Waals surface area contributed by atoms with Crippen LogP contribution in [-0.2, 0) is 9.63 Å². The zero-order valence-electron chi connectivity index (χ0n) is 21.1. The molecule has 1 fully saturated rings. The second-order valence-electron chi connectivity index (χ2n) is 9.03. The third kappa shape index (κ3) is 4.19. The van der Waals surface area contributed by atoms with Gasteiger partial charge < -0.3 is 20.4 Å². The highest BCUT2D eigenvalue weighted by Crippen LogP contribution is 2.38. The number of hydrogen-bond acceptors (Lipinski definition) is 11. The minimum atomic E-state index is -0.382. The van der Waals surface area contributed by atoms with E-state index in [1.54, 1.807) is 28.6 Å². The van der Waals surface area contributed by atoms with Crippen LogP contribution in [0, 0.1) is 6.92 Å². The van der Waals surface area contributed by atoms with Crippen molar-refractivity contribution in [2.24, 2.45) is 5.16 Å². The minimum Gasteiger partial charge on any atom is -0.398 e. The van der Waals surface area contributed by atoms with Crippen LogP contribution >= 0.6 is 22.7 Å². The third-order valence-corrected chi connectivity index (χ3v) is 8.31. The molecule has 39 heavy (non-hydrogen) atoms. The van der Waals surface area contributed by atoms with E-state index in [1.165, 1.54) is 29.8 Å². The Balaban J connectivity index is 1.27. The molecule has 0 unspecified atom stereocenters. The minimum absolute atomic E-state index is 0.109. The number of rotatable bonds is 5. The highest BCUT2D eigenvalue weighted by atomic mass is 32.1. The number of imide groups is 1. The lowest BCUT2D eigenvalue weighted by molar-refractivity contribution is -0.124. The van der Waals surface area contributed by atoms with Gasteiger partial charge in [-0.3, -0.25) is 14.4 Å². The molecule has 3 amide bonds. The summed E-state index contributed by atoms with van der Waals surface area (Å²) in [4.78, 5) is 59.4. The van der Waals surface area contributed by atoms with Crippen LogP contribution in [0.1, 0.15) is 31.3 Å². The van der Waals surface area contributed by atoms with Crippen LogP contribution in [0.15, 0.2) is 47.1 Å². The molecule has 2 aliphatic heterocycles. The lowest BCUT2D eigenvalue weighted by Crippen LogP contribution is -2.51. The first kappa shape index (κ1) is 24.9. The number of aromatic nitrogens is 2. The molecule has 0 atom stereocenters. The second-order valence-corrected chi connectivity index (χ2v) is 11.1. The monoisotopic (exact) mass is 561 g/mol. The summed E-state index contributed by atoms with van der Waals surface area (Å²) in [5.41, 5.74) is 8.07. The molecule has 1 saturated heterocycles. The summed E-state index contributed by atoms with van der Waals surface area (Å²) in [7, 11) is 1.38. The van der Waals surface area contributed by atoms with Crippen molar-refractivity contribution in [2.75, 3.05) is 48.8 Å². The van der Waals surface area contributed by atoms with Gasteiger partial charge in [0.05, 0.1) is 0 Å². The van der Waals surface area contributed by atoms with E-state index < -0.39 is 0 Å². The van der Waals surface area contributed by atoms with E-state index in [0.717, 1.165) is 20.9 Å². The van der Waals surface area contributed by atoms with E-state index in [0.29, 0.717) is 58.6 Å². The molecule has 2 N–H and O–H groups in total. The average Bonchev–Trinajstić information content (AvgIpc) is 3.57. The molecule has 4 heterocycles. The first-order valence-corrected chi connectivity index (χ1v) is 13.8. The molecule has 6 rings (SSSR count). The average molecular weight is 562 g/mol. The molecule has 2 aliphatic rings. The van der Waals surface area contributed by atoms with Gasteiger partial charge in [0, 0.05) is 70.2 Å². The number of oxime groups is 1. The van der Waals surface area contributed by atoms with Crippen molar-refractivity contribution in [2.45, 2.75) is 6.92 Å². The molecule has 0 radical (unpaired) electrons. The molecular weight excluding hydrogens is 538 g/mol. The highest BCUT2D eigenvalue weighted by molar-refractivity contribution is 7.16. The van der Waals surface area contributed by atoms with Crippen LogP contribution in [-0.4, -0.2) is 71.6 Å². The summed E-state index contributed by atoms with van der Waals surface area (Å²) in [5, 5.41) is 7.76. The predicted octanol–water partition coefficient (Wildman–Crippen LogP) is 3.14. The van der Waals surface area contributed by atoms with Crippen molar-refractivity contribution in [1.29, 1.82) is 0 Å². The fourth-order valence-corrected chi connectivity index (χ4v) is 6.26. The number of thiazole rings is 2. The number of carbonyl (C=O) groups is 3. The molecule has 0 aliphatic carbocycles. The van der Waals surface area contributed by atoms with Gasteiger partial charge in [0.15, 0.2) is 16.0 Å². The van der Waals surface area contributed by atoms with E-state index in [-0.39, 0.29) is 23.4 Å². The highest BCUT2D eigenvalue weighted by Gasteiger charge is 2.37. The number of hydrogen-bond donors (Lipinski definition) is 1. The van der Waals surface area contributed by atoms with Gasteiger partial charge in [-0.05, 0) is 25.1 Å². The number of nitrogens with zero attached hydrogens (tertiary/aromatic N) is 6. The molecule has 2 aromatic heterocycles. The lowest BCUT2D eigenvalue weighted by Gasteiger charge is -2.37. The quantitative estimate of drug-likeness (QED) is 0.223. The smallest absolute Gasteiger partial charge is 0.278 e.